The van der Waals surface area contributed by atoms with Gasteiger partial charge in [-0.3, -0.25) is 13.9 Å². The molecule has 1 saturated heterocycles. The summed E-state index contributed by atoms with van der Waals surface area (Å²) in [6, 6.07) is 0. The molecule has 8 nitrogen and oxygen atoms in total. The topological polar surface area (TPSA) is 89.5 Å². The molecule has 0 bridgehead atoms. The number of hydrogen-bond acceptors (Lipinski definition) is 7. The van der Waals surface area contributed by atoms with Crippen LogP contribution in [0.25, 0.3) is 0 Å². The Kier molecular flexibility index (Phi) is 23.6. The van der Waals surface area contributed by atoms with E-state index in [2.05, 4.69) is 17.1 Å². The second-order valence-corrected chi connectivity index (χ2v) is 11.9. The van der Waals surface area contributed by atoms with Crippen LogP contribution >= 0.6 is 7.82 Å². The molecule has 0 saturated carbocycles. The molecule has 0 aromatic heterocycles. The highest BCUT2D eigenvalue weighted by Gasteiger charge is 2.24. The Morgan fingerprint density at radius 2 is 1.27 bits per heavy atom. The lowest BCUT2D eigenvalue weighted by Gasteiger charge is -2.27. The number of piperazine rings is 1. The van der Waals surface area contributed by atoms with Gasteiger partial charge in [0.25, 0.3) is 0 Å². The van der Waals surface area contributed by atoms with Crippen molar-refractivity contribution in [2.45, 2.75) is 116 Å². The zero-order valence-electron chi connectivity index (χ0n) is 24.1. The first-order valence-corrected chi connectivity index (χ1v) is 16.7. The molecule has 0 radical (unpaired) electrons. The molecular formula is C28H59N2O6P. The van der Waals surface area contributed by atoms with E-state index in [0.717, 1.165) is 32.6 Å². The lowest BCUT2D eigenvalue weighted by Crippen LogP contribution is -2.44. The number of unbranched alkanes of at least 4 members (excludes halogenated alkanes) is 15. The van der Waals surface area contributed by atoms with Gasteiger partial charge < -0.3 is 19.7 Å². The molecule has 1 fully saturated rings. The van der Waals surface area contributed by atoms with Crippen LogP contribution < -0.4 is 5.32 Å². The number of phosphoric ester groups is 1. The maximum atomic E-state index is 12.1. The second-order valence-electron chi connectivity index (χ2n) is 10.4. The molecule has 1 aliphatic heterocycles. The molecule has 0 aliphatic carbocycles. The Morgan fingerprint density at radius 3 is 1.78 bits per heavy atom. The Hall–Kier alpha value is -0.0500. The third-order valence-corrected chi connectivity index (χ3v) is 8.06. The molecule has 0 aromatic carbocycles. The van der Waals surface area contributed by atoms with E-state index in [-0.39, 0.29) is 13.2 Å². The first kappa shape index (κ1) is 35.0. The predicted octanol–water partition coefficient (Wildman–Crippen LogP) is 6.32. The van der Waals surface area contributed by atoms with Gasteiger partial charge in [0.05, 0.1) is 19.8 Å². The smallest absolute Gasteiger partial charge is 0.379 e. The van der Waals surface area contributed by atoms with E-state index in [4.69, 9.17) is 18.5 Å². The van der Waals surface area contributed by atoms with E-state index in [0.29, 0.717) is 19.8 Å². The molecule has 0 spiro atoms. The van der Waals surface area contributed by atoms with Crippen molar-refractivity contribution in [1.82, 2.24) is 10.2 Å². The van der Waals surface area contributed by atoms with Crippen LogP contribution in [0.15, 0.2) is 0 Å². The van der Waals surface area contributed by atoms with Crippen molar-refractivity contribution in [2.24, 2.45) is 0 Å². The molecule has 0 amide bonds. The fourth-order valence-corrected chi connectivity index (χ4v) is 5.33. The van der Waals surface area contributed by atoms with Gasteiger partial charge in [0.15, 0.2) is 0 Å². The number of hydrogen-bond donors (Lipinski definition) is 2. The summed E-state index contributed by atoms with van der Waals surface area (Å²) in [6.45, 7) is 7.76. The van der Waals surface area contributed by atoms with Gasteiger partial charge in [-0.2, -0.15) is 0 Å². The number of nitrogens with one attached hydrogen (secondary N) is 1. The third kappa shape index (κ3) is 22.5. The van der Waals surface area contributed by atoms with Gasteiger partial charge in [0.1, 0.15) is 6.10 Å². The van der Waals surface area contributed by atoms with Gasteiger partial charge >= 0.3 is 7.82 Å². The van der Waals surface area contributed by atoms with Gasteiger partial charge in [-0.05, 0) is 6.42 Å². The van der Waals surface area contributed by atoms with Gasteiger partial charge in [0.2, 0.25) is 0 Å². The van der Waals surface area contributed by atoms with E-state index in [1.165, 1.54) is 96.3 Å². The van der Waals surface area contributed by atoms with Gasteiger partial charge in [-0.25, -0.2) is 4.57 Å². The van der Waals surface area contributed by atoms with Gasteiger partial charge in [0, 0.05) is 46.4 Å². The largest absolute Gasteiger partial charge is 0.472 e. The molecule has 1 aliphatic rings. The average molecular weight is 551 g/mol. The maximum absolute atomic E-state index is 12.1. The quantitative estimate of drug-likeness (QED) is 0.0907. The van der Waals surface area contributed by atoms with Gasteiger partial charge in [-0.15, -0.1) is 0 Å². The molecule has 2 atom stereocenters. The number of phosphoric acid groups is 1. The molecule has 1 rings (SSSR count). The maximum Gasteiger partial charge on any atom is 0.472 e. The molecule has 37 heavy (non-hydrogen) atoms. The van der Waals surface area contributed by atoms with E-state index >= 15 is 0 Å². The number of nitrogens with zero attached hydrogens (tertiary/aromatic N) is 1. The second kappa shape index (κ2) is 25.0. The van der Waals surface area contributed by atoms with Crippen LogP contribution in [0.3, 0.4) is 0 Å². The molecule has 1 heterocycles. The predicted molar refractivity (Wildman–Crippen MR) is 152 cm³/mol. The Labute approximate surface area is 228 Å². The Bertz CT molecular complexity index is 537. The zero-order chi connectivity index (χ0) is 26.9. The summed E-state index contributed by atoms with van der Waals surface area (Å²) >= 11 is 0. The van der Waals surface area contributed by atoms with Crippen LogP contribution in [0.4, 0.5) is 0 Å². The lowest BCUT2D eigenvalue weighted by atomic mass is 10.0. The van der Waals surface area contributed by atoms with Crippen LogP contribution in [-0.4, -0.2) is 82.2 Å². The highest BCUT2D eigenvalue weighted by Crippen LogP contribution is 2.43. The van der Waals surface area contributed by atoms with Crippen molar-refractivity contribution in [3.63, 3.8) is 0 Å². The molecule has 0 aromatic rings. The highest BCUT2D eigenvalue weighted by molar-refractivity contribution is 7.47. The van der Waals surface area contributed by atoms with Crippen molar-refractivity contribution in [1.29, 1.82) is 0 Å². The monoisotopic (exact) mass is 550 g/mol. The summed E-state index contributed by atoms with van der Waals surface area (Å²) in [7, 11) is -2.53. The summed E-state index contributed by atoms with van der Waals surface area (Å²) in [5.41, 5.74) is 0. The summed E-state index contributed by atoms with van der Waals surface area (Å²) in [4.78, 5) is 12.1. The third-order valence-electron chi connectivity index (χ3n) is 7.07. The minimum absolute atomic E-state index is 0.0309. The van der Waals surface area contributed by atoms with Crippen LogP contribution in [0.2, 0.25) is 0 Å². The highest BCUT2D eigenvalue weighted by atomic mass is 31.2. The lowest BCUT2D eigenvalue weighted by molar-refractivity contribution is -0.0224. The fourth-order valence-electron chi connectivity index (χ4n) is 4.59. The van der Waals surface area contributed by atoms with Gasteiger partial charge in [-0.1, -0.05) is 103 Å². The van der Waals surface area contributed by atoms with Crippen molar-refractivity contribution in [3.8, 4) is 0 Å². The van der Waals surface area contributed by atoms with Crippen LogP contribution in [0.1, 0.15) is 110 Å². The molecule has 2 N–H and O–H groups in total. The number of ether oxygens (including phenoxy) is 2. The number of rotatable bonds is 27. The van der Waals surface area contributed by atoms with Crippen molar-refractivity contribution in [2.75, 3.05) is 66.3 Å². The van der Waals surface area contributed by atoms with E-state index in [1.807, 2.05) is 0 Å². The van der Waals surface area contributed by atoms with E-state index in [9.17, 15) is 9.46 Å². The summed E-state index contributed by atoms with van der Waals surface area (Å²) in [5.74, 6) is 0. The Morgan fingerprint density at radius 1 is 0.757 bits per heavy atom. The van der Waals surface area contributed by atoms with Crippen molar-refractivity contribution >= 4 is 7.82 Å². The number of methoxy groups -OCH3 is 1. The zero-order valence-corrected chi connectivity index (χ0v) is 25.0. The van der Waals surface area contributed by atoms with E-state index < -0.39 is 13.9 Å². The molecule has 2 unspecified atom stereocenters. The Balaban J connectivity index is 1.86. The minimum Gasteiger partial charge on any atom is -0.379 e. The molecule has 9 heteroatoms. The SMILES string of the molecule is CCCCCCCCCCCCCCCCCCOCC(COP(=O)(O)OCCN1CCNCC1)OC. The van der Waals surface area contributed by atoms with Crippen LogP contribution in [0.5, 0.6) is 0 Å². The van der Waals surface area contributed by atoms with Crippen LogP contribution in [0, 0.1) is 0 Å². The molecular weight excluding hydrogens is 491 g/mol. The summed E-state index contributed by atoms with van der Waals surface area (Å²) < 4.78 is 33.3. The molecule has 222 valence electrons. The summed E-state index contributed by atoms with van der Waals surface area (Å²) in [5, 5.41) is 3.27. The first-order chi connectivity index (χ1) is 18.1. The summed E-state index contributed by atoms with van der Waals surface area (Å²) in [6.07, 6.45) is 21.2. The normalized spacial score (nSPS) is 17.2. The average Bonchev–Trinajstić information content (AvgIpc) is 2.90. The minimum atomic E-state index is -4.08. The first-order valence-electron chi connectivity index (χ1n) is 15.2. The fraction of sp³-hybridized carbons (Fsp3) is 1.00. The van der Waals surface area contributed by atoms with Crippen LogP contribution in [-0.2, 0) is 23.1 Å². The van der Waals surface area contributed by atoms with E-state index in [1.54, 1.807) is 7.11 Å². The van der Waals surface area contributed by atoms with Crippen molar-refractivity contribution < 1.29 is 28.0 Å². The standard InChI is InChI=1S/C28H59N2O6P/c1-3-4-5-6-7-8-9-10-11-12-13-14-15-16-17-18-24-34-26-28(33-2)27-36-37(31,32)35-25-23-30-21-19-29-20-22-30/h28-29H,3-27H2,1-2H3,(H,31,32). The van der Waals surface area contributed by atoms with Crippen molar-refractivity contribution in [3.05, 3.63) is 0 Å².